The van der Waals surface area contributed by atoms with Crippen molar-refractivity contribution in [1.29, 1.82) is 0 Å². The van der Waals surface area contributed by atoms with Crippen LogP contribution in [0.4, 0.5) is 11.4 Å². The van der Waals surface area contributed by atoms with E-state index in [2.05, 4.69) is 34.5 Å². The SMILES string of the molecule is Cc1ccc(N2CCN(C(=O)C(=O)Nc3ccc4c(c3)OC(=O)C4)[C@H](C)C2)cc1. The molecule has 2 heterocycles. The minimum Gasteiger partial charge on any atom is -0.426 e. The predicted molar refractivity (Wildman–Crippen MR) is 109 cm³/mol. The van der Waals surface area contributed by atoms with Crippen molar-refractivity contribution in [3.63, 3.8) is 0 Å². The highest BCUT2D eigenvalue weighted by molar-refractivity contribution is 6.39. The van der Waals surface area contributed by atoms with Crippen molar-refractivity contribution < 1.29 is 19.1 Å². The molecule has 2 aromatic rings. The zero-order valence-electron chi connectivity index (χ0n) is 16.5. The van der Waals surface area contributed by atoms with Gasteiger partial charge in [-0.25, -0.2) is 0 Å². The summed E-state index contributed by atoms with van der Waals surface area (Å²) in [6.45, 7) is 5.80. The molecule has 0 saturated carbocycles. The minimum atomic E-state index is -0.690. The maximum Gasteiger partial charge on any atom is 0.315 e. The molecular weight excluding hydrogens is 370 g/mol. The van der Waals surface area contributed by atoms with Crippen LogP contribution in [0.25, 0.3) is 0 Å². The van der Waals surface area contributed by atoms with Crippen LogP contribution in [0.1, 0.15) is 18.1 Å². The number of piperazine rings is 1. The quantitative estimate of drug-likeness (QED) is 0.480. The summed E-state index contributed by atoms with van der Waals surface area (Å²) in [6, 6.07) is 13.2. The van der Waals surface area contributed by atoms with E-state index in [1.807, 2.05) is 13.8 Å². The van der Waals surface area contributed by atoms with Crippen LogP contribution in [0.3, 0.4) is 0 Å². The summed E-state index contributed by atoms with van der Waals surface area (Å²) in [5.74, 6) is -1.14. The number of ether oxygens (including phenoxy) is 1. The van der Waals surface area contributed by atoms with Crippen LogP contribution in [0, 0.1) is 6.92 Å². The number of esters is 1. The summed E-state index contributed by atoms with van der Waals surface area (Å²) >= 11 is 0. The third-order valence-electron chi connectivity index (χ3n) is 5.37. The molecule has 1 fully saturated rings. The lowest BCUT2D eigenvalue weighted by atomic mass is 10.1. The number of fused-ring (bicyclic) bond motifs is 1. The predicted octanol–water partition coefficient (Wildman–Crippen LogP) is 2.13. The second kappa shape index (κ2) is 7.58. The number of carbonyl (C=O) groups excluding carboxylic acids is 3. The third-order valence-corrected chi connectivity index (χ3v) is 5.37. The Balaban J connectivity index is 1.38. The number of anilines is 2. The Morgan fingerprint density at radius 2 is 1.86 bits per heavy atom. The molecule has 2 aliphatic heterocycles. The highest BCUT2D eigenvalue weighted by atomic mass is 16.5. The van der Waals surface area contributed by atoms with Gasteiger partial charge in [-0.2, -0.15) is 0 Å². The average molecular weight is 393 g/mol. The van der Waals surface area contributed by atoms with Gasteiger partial charge in [0.15, 0.2) is 0 Å². The van der Waals surface area contributed by atoms with Crippen LogP contribution < -0.4 is 15.0 Å². The van der Waals surface area contributed by atoms with Gasteiger partial charge in [0.2, 0.25) is 0 Å². The highest BCUT2D eigenvalue weighted by Crippen LogP contribution is 2.29. The molecule has 1 saturated heterocycles. The summed E-state index contributed by atoms with van der Waals surface area (Å²) in [4.78, 5) is 40.4. The van der Waals surface area contributed by atoms with Crippen molar-refractivity contribution in [1.82, 2.24) is 4.90 Å². The lowest BCUT2D eigenvalue weighted by Gasteiger charge is -2.40. The fraction of sp³-hybridized carbons (Fsp3) is 0.318. The van der Waals surface area contributed by atoms with Gasteiger partial charge in [0.1, 0.15) is 5.75 Å². The van der Waals surface area contributed by atoms with E-state index in [-0.39, 0.29) is 18.4 Å². The van der Waals surface area contributed by atoms with E-state index in [0.29, 0.717) is 31.1 Å². The maximum absolute atomic E-state index is 12.7. The Bertz CT molecular complexity index is 971. The fourth-order valence-corrected chi connectivity index (χ4v) is 3.75. The van der Waals surface area contributed by atoms with Gasteiger partial charge >= 0.3 is 17.8 Å². The van der Waals surface area contributed by atoms with Crippen molar-refractivity contribution in [3.8, 4) is 5.75 Å². The van der Waals surface area contributed by atoms with Gasteiger partial charge in [0.25, 0.3) is 0 Å². The monoisotopic (exact) mass is 393 g/mol. The van der Waals surface area contributed by atoms with Crippen molar-refractivity contribution in [2.75, 3.05) is 29.9 Å². The zero-order valence-corrected chi connectivity index (χ0v) is 16.5. The molecule has 7 nitrogen and oxygen atoms in total. The molecule has 0 bridgehead atoms. The largest absolute Gasteiger partial charge is 0.426 e. The molecule has 2 amide bonds. The topological polar surface area (TPSA) is 79.0 Å². The molecular formula is C22H23N3O4. The second-order valence-corrected chi connectivity index (χ2v) is 7.56. The molecule has 0 unspecified atom stereocenters. The van der Waals surface area contributed by atoms with Gasteiger partial charge in [-0.05, 0) is 32.0 Å². The van der Waals surface area contributed by atoms with Crippen molar-refractivity contribution in [2.24, 2.45) is 0 Å². The molecule has 2 aromatic carbocycles. The Labute approximate surface area is 169 Å². The Hall–Kier alpha value is -3.35. The van der Waals surface area contributed by atoms with Crippen molar-refractivity contribution in [2.45, 2.75) is 26.3 Å². The lowest BCUT2D eigenvalue weighted by molar-refractivity contribution is -0.144. The normalized spacial score (nSPS) is 18.3. The van der Waals surface area contributed by atoms with E-state index in [1.54, 1.807) is 23.1 Å². The highest BCUT2D eigenvalue weighted by Gasteiger charge is 2.31. The van der Waals surface area contributed by atoms with E-state index < -0.39 is 11.8 Å². The Morgan fingerprint density at radius 3 is 2.59 bits per heavy atom. The minimum absolute atomic E-state index is 0.0933. The van der Waals surface area contributed by atoms with E-state index in [0.717, 1.165) is 11.3 Å². The van der Waals surface area contributed by atoms with Gasteiger partial charge in [-0.15, -0.1) is 0 Å². The van der Waals surface area contributed by atoms with Crippen LogP contribution in [0.2, 0.25) is 0 Å². The number of rotatable bonds is 2. The first-order valence-electron chi connectivity index (χ1n) is 9.68. The van der Waals surface area contributed by atoms with E-state index in [4.69, 9.17) is 4.74 Å². The first-order valence-corrected chi connectivity index (χ1v) is 9.68. The molecule has 2 aliphatic rings. The first-order chi connectivity index (χ1) is 13.9. The van der Waals surface area contributed by atoms with Crippen molar-refractivity contribution in [3.05, 3.63) is 53.6 Å². The molecule has 4 rings (SSSR count). The summed E-state index contributed by atoms with van der Waals surface area (Å²) < 4.78 is 5.09. The Morgan fingerprint density at radius 1 is 1.10 bits per heavy atom. The summed E-state index contributed by atoms with van der Waals surface area (Å²) in [6.07, 6.45) is 0.227. The molecule has 7 heteroatoms. The van der Waals surface area contributed by atoms with E-state index in [9.17, 15) is 14.4 Å². The van der Waals surface area contributed by atoms with Gasteiger partial charge < -0.3 is 19.9 Å². The number of hydrogen-bond donors (Lipinski definition) is 1. The molecule has 0 aliphatic carbocycles. The number of aryl methyl sites for hydroxylation is 1. The summed E-state index contributed by atoms with van der Waals surface area (Å²) in [7, 11) is 0. The van der Waals surface area contributed by atoms with Crippen LogP contribution >= 0.6 is 0 Å². The molecule has 0 spiro atoms. The standard InChI is InChI=1S/C22H23N3O4/c1-14-3-7-18(8-4-14)24-9-10-25(15(2)13-24)22(28)21(27)23-17-6-5-16-11-20(26)29-19(16)12-17/h3-8,12,15H,9-11,13H2,1-2H3,(H,23,27)/t15-/m1/s1. The van der Waals surface area contributed by atoms with Gasteiger partial charge in [0.05, 0.1) is 6.42 Å². The molecule has 1 N–H and O–H groups in total. The number of carbonyl (C=O) groups is 3. The van der Waals surface area contributed by atoms with E-state index in [1.165, 1.54) is 5.56 Å². The smallest absolute Gasteiger partial charge is 0.315 e. The summed E-state index contributed by atoms with van der Waals surface area (Å²) in [5.41, 5.74) is 3.53. The number of benzene rings is 2. The number of amides is 2. The lowest BCUT2D eigenvalue weighted by Crippen LogP contribution is -2.56. The van der Waals surface area contributed by atoms with Crippen LogP contribution in [0.5, 0.6) is 5.75 Å². The number of nitrogens with one attached hydrogen (secondary N) is 1. The van der Waals surface area contributed by atoms with E-state index >= 15 is 0 Å². The van der Waals surface area contributed by atoms with Crippen LogP contribution in [-0.4, -0.2) is 48.4 Å². The third kappa shape index (κ3) is 3.94. The van der Waals surface area contributed by atoms with Gasteiger partial charge in [-0.3, -0.25) is 14.4 Å². The van der Waals surface area contributed by atoms with Gasteiger partial charge in [0, 0.05) is 48.7 Å². The van der Waals surface area contributed by atoms with Crippen molar-refractivity contribution >= 4 is 29.2 Å². The second-order valence-electron chi connectivity index (χ2n) is 7.56. The molecule has 0 radical (unpaired) electrons. The maximum atomic E-state index is 12.7. The number of nitrogens with zero attached hydrogens (tertiary/aromatic N) is 2. The molecule has 29 heavy (non-hydrogen) atoms. The number of hydrogen-bond acceptors (Lipinski definition) is 5. The molecule has 0 aromatic heterocycles. The molecule has 150 valence electrons. The Kier molecular flexibility index (Phi) is 4.96. The first kappa shape index (κ1) is 19.0. The van der Waals surface area contributed by atoms with Crippen LogP contribution in [-0.2, 0) is 20.8 Å². The van der Waals surface area contributed by atoms with Crippen LogP contribution in [0.15, 0.2) is 42.5 Å². The van der Waals surface area contributed by atoms with Gasteiger partial charge in [-0.1, -0.05) is 23.8 Å². The fourth-order valence-electron chi connectivity index (χ4n) is 3.75. The zero-order chi connectivity index (χ0) is 20.5. The average Bonchev–Trinajstić information content (AvgIpc) is 3.07. The summed E-state index contributed by atoms with van der Waals surface area (Å²) in [5, 5.41) is 2.62. The molecule has 1 atom stereocenters.